The molecular formula is C9H15N3O2. The minimum absolute atomic E-state index is 0.0848. The number of aryl methyl sites for hydroxylation is 1. The van der Waals surface area contributed by atoms with Gasteiger partial charge in [-0.05, 0) is 13.0 Å². The largest absolute Gasteiger partial charge is 0.468 e. The van der Waals surface area contributed by atoms with Crippen molar-refractivity contribution in [2.75, 3.05) is 13.7 Å². The number of carbonyl (C=O) groups is 1. The van der Waals surface area contributed by atoms with Crippen LogP contribution in [0.25, 0.3) is 0 Å². The van der Waals surface area contributed by atoms with Crippen molar-refractivity contribution < 1.29 is 9.53 Å². The first-order valence-electron chi connectivity index (χ1n) is 4.43. The van der Waals surface area contributed by atoms with Gasteiger partial charge in [0.15, 0.2) is 0 Å². The van der Waals surface area contributed by atoms with Crippen molar-refractivity contribution in [3.05, 3.63) is 18.0 Å². The highest BCUT2D eigenvalue weighted by atomic mass is 16.5. The Bertz CT molecular complexity index is 309. The number of nitrogens with zero attached hydrogens (tertiary/aromatic N) is 2. The zero-order chi connectivity index (χ0) is 10.6. The van der Waals surface area contributed by atoms with Crippen LogP contribution < -0.4 is 5.32 Å². The number of carbonyl (C=O) groups excluding carboxylic acids is 1. The summed E-state index contributed by atoms with van der Waals surface area (Å²) in [6.07, 6.45) is 1.73. The Kier molecular flexibility index (Phi) is 3.64. The van der Waals surface area contributed by atoms with Crippen LogP contribution in [0.4, 0.5) is 0 Å². The summed E-state index contributed by atoms with van der Waals surface area (Å²) in [7, 11) is 3.24. The first-order valence-corrected chi connectivity index (χ1v) is 4.43. The summed E-state index contributed by atoms with van der Waals surface area (Å²) >= 11 is 0. The highest BCUT2D eigenvalue weighted by Crippen LogP contribution is 2.09. The van der Waals surface area contributed by atoms with E-state index >= 15 is 0 Å². The summed E-state index contributed by atoms with van der Waals surface area (Å²) in [6.45, 7) is 2.18. The first-order chi connectivity index (χ1) is 6.65. The molecule has 0 fully saturated rings. The smallest absolute Gasteiger partial charge is 0.319 e. The van der Waals surface area contributed by atoms with Gasteiger partial charge in [-0.25, -0.2) is 0 Å². The maximum absolute atomic E-state index is 10.9. The Labute approximate surface area is 83.1 Å². The standard InChI is InChI=1S/C9H15N3O2/c1-7(10-6-9(13)14-3)8-4-5-11-12(8)2/h4-5,7,10H,6H2,1-3H3. The lowest BCUT2D eigenvalue weighted by molar-refractivity contribution is -0.139. The summed E-state index contributed by atoms with van der Waals surface area (Å²) in [5.41, 5.74) is 1.04. The Balaban J connectivity index is 2.47. The molecule has 1 N–H and O–H groups in total. The molecule has 1 unspecified atom stereocenters. The van der Waals surface area contributed by atoms with E-state index < -0.39 is 0 Å². The number of rotatable bonds is 4. The maximum Gasteiger partial charge on any atom is 0.319 e. The molecule has 78 valence electrons. The summed E-state index contributed by atoms with van der Waals surface area (Å²) in [6, 6.07) is 2.00. The van der Waals surface area contributed by atoms with Crippen LogP contribution in [0.1, 0.15) is 18.7 Å². The predicted molar refractivity (Wildman–Crippen MR) is 51.6 cm³/mol. The zero-order valence-corrected chi connectivity index (χ0v) is 8.65. The number of ether oxygens (including phenoxy) is 1. The molecule has 1 atom stereocenters. The number of nitrogens with one attached hydrogen (secondary N) is 1. The summed E-state index contributed by atoms with van der Waals surface area (Å²) in [5, 5.41) is 7.09. The molecule has 5 heteroatoms. The average molecular weight is 197 g/mol. The number of methoxy groups -OCH3 is 1. The second kappa shape index (κ2) is 4.76. The van der Waals surface area contributed by atoms with Gasteiger partial charge >= 0.3 is 5.97 Å². The molecule has 0 aliphatic heterocycles. The van der Waals surface area contributed by atoms with Crippen LogP contribution in [0.2, 0.25) is 0 Å². The van der Waals surface area contributed by atoms with Crippen LogP contribution in [0.5, 0.6) is 0 Å². The normalized spacial score (nSPS) is 12.5. The highest BCUT2D eigenvalue weighted by Gasteiger charge is 2.10. The van der Waals surface area contributed by atoms with E-state index in [1.54, 1.807) is 10.9 Å². The first kappa shape index (κ1) is 10.7. The van der Waals surface area contributed by atoms with E-state index in [9.17, 15) is 4.79 Å². The van der Waals surface area contributed by atoms with Crippen LogP contribution in [0.3, 0.4) is 0 Å². The van der Waals surface area contributed by atoms with E-state index in [2.05, 4.69) is 15.2 Å². The topological polar surface area (TPSA) is 56.1 Å². The molecule has 0 saturated heterocycles. The van der Waals surface area contributed by atoms with Gasteiger partial charge in [-0.3, -0.25) is 14.8 Å². The fourth-order valence-corrected chi connectivity index (χ4v) is 1.22. The lowest BCUT2D eigenvalue weighted by Crippen LogP contribution is -2.27. The molecule has 0 amide bonds. The van der Waals surface area contributed by atoms with Gasteiger partial charge in [0.1, 0.15) is 0 Å². The molecule has 0 aliphatic carbocycles. The van der Waals surface area contributed by atoms with Crippen molar-refractivity contribution in [2.45, 2.75) is 13.0 Å². The third-order valence-electron chi connectivity index (χ3n) is 2.08. The van der Waals surface area contributed by atoms with E-state index in [1.807, 2.05) is 20.0 Å². The van der Waals surface area contributed by atoms with Crippen molar-refractivity contribution in [1.29, 1.82) is 0 Å². The second-order valence-corrected chi connectivity index (χ2v) is 3.06. The van der Waals surface area contributed by atoms with Crippen LogP contribution in [-0.2, 0) is 16.6 Å². The fraction of sp³-hybridized carbons (Fsp3) is 0.556. The van der Waals surface area contributed by atoms with E-state index in [-0.39, 0.29) is 18.6 Å². The molecule has 5 nitrogen and oxygen atoms in total. The van der Waals surface area contributed by atoms with Crippen LogP contribution in [0.15, 0.2) is 12.3 Å². The summed E-state index contributed by atoms with van der Waals surface area (Å²) < 4.78 is 6.30. The van der Waals surface area contributed by atoms with Crippen molar-refractivity contribution in [1.82, 2.24) is 15.1 Å². The predicted octanol–water partition coefficient (Wildman–Crippen LogP) is 0.244. The van der Waals surface area contributed by atoms with E-state index in [0.29, 0.717) is 0 Å². The van der Waals surface area contributed by atoms with Gasteiger partial charge in [0.2, 0.25) is 0 Å². The molecule has 0 aromatic carbocycles. The number of aromatic nitrogens is 2. The van der Waals surface area contributed by atoms with Gasteiger partial charge in [-0.15, -0.1) is 0 Å². The Morgan fingerprint density at radius 1 is 1.79 bits per heavy atom. The van der Waals surface area contributed by atoms with Crippen molar-refractivity contribution >= 4 is 5.97 Å². The number of esters is 1. The van der Waals surface area contributed by atoms with Crippen LogP contribution in [-0.4, -0.2) is 29.4 Å². The molecule has 0 radical (unpaired) electrons. The monoisotopic (exact) mass is 197 g/mol. The highest BCUT2D eigenvalue weighted by molar-refractivity contribution is 5.71. The van der Waals surface area contributed by atoms with Crippen LogP contribution >= 0.6 is 0 Å². The van der Waals surface area contributed by atoms with Gasteiger partial charge in [0.05, 0.1) is 19.3 Å². The van der Waals surface area contributed by atoms with Crippen molar-refractivity contribution in [3.63, 3.8) is 0 Å². The van der Waals surface area contributed by atoms with Gasteiger partial charge in [0.25, 0.3) is 0 Å². The molecule has 1 aromatic heterocycles. The summed E-state index contributed by atoms with van der Waals surface area (Å²) in [5.74, 6) is -0.265. The van der Waals surface area contributed by atoms with Crippen molar-refractivity contribution in [3.8, 4) is 0 Å². The average Bonchev–Trinajstić information content (AvgIpc) is 2.60. The van der Waals surface area contributed by atoms with E-state index in [0.717, 1.165) is 5.69 Å². The van der Waals surface area contributed by atoms with Crippen molar-refractivity contribution in [2.24, 2.45) is 7.05 Å². The molecule has 1 aromatic rings. The Hall–Kier alpha value is -1.36. The zero-order valence-electron chi connectivity index (χ0n) is 8.65. The molecule has 1 heterocycles. The molecule has 0 bridgehead atoms. The van der Waals surface area contributed by atoms with Gasteiger partial charge in [0, 0.05) is 19.3 Å². The lowest BCUT2D eigenvalue weighted by atomic mass is 10.2. The maximum atomic E-state index is 10.9. The number of hydrogen-bond acceptors (Lipinski definition) is 4. The SMILES string of the molecule is COC(=O)CNC(C)c1ccnn1C. The molecule has 14 heavy (non-hydrogen) atoms. The van der Waals surface area contributed by atoms with E-state index in [4.69, 9.17) is 0 Å². The quantitative estimate of drug-likeness (QED) is 0.703. The second-order valence-electron chi connectivity index (χ2n) is 3.06. The molecule has 0 aliphatic rings. The third-order valence-corrected chi connectivity index (χ3v) is 2.08. The number of hydrogen-bond donors (Lipinski definition) is 1. The third kappa shape index (κ3) is 2.56. The lowest BCUT2D eigenvalue weighted by Gasteiger charge is -2.12. The summed E-state index contributed by atoms with van der Waals surface area (Å²) in [4.78, 5) is 10.9. The molecule has 0 saturated carbocycles. The minimum atomic E-state index is -0.265. The fourth-order valence-electron chi connectivity index (χ4n) is 1.22. The Morgan fingerprint density at radius 2 is 2.50 bits per heavy atom. The van der Waals surface area contributed by atoms with Gasteiger partial charge in [-0.1, -0.05) is 0 Å². The van der Waals surface area contributed by atoms with Crippen LogP contribution in [0, 0.1) is 0 Å². The molecular weight excluding hydrogens is 182 g/mol. The minimum Gasteiger partial charge on any atom is -0.468 e. The van der Waals surface area contributed by atoms with Gasteiger partial charge < -0.3 is 4.74 Å². The van der Waals surface area contributed by atoms with Gasteiger partial charge in [-0.2, -0.15) is 5.10 Å². The molecule has 1 rings (SSSR count). The Morgan fingerprint density at radius 3 is 3.00 bits per heavy atom. The molecule has 0 spiro atoms. The van der Waals surface area contributed by atoms with E-state index in [1.165, 1.54) is 7.11 Å².